The van der Waals surface area contributed by atoms with Gasteiger partial charge in [0, 0.05) is 30.6 Å². The third kappa shape index (κ3) is 2.89. The standard InChI is InChI=1S/C18H19ClN2O2/c19-16-4-2-1-3-15(16)17-8-7-14(23-17)11-21-12-5-6-13(21)10-20-18(22)9-12/h1-4,7-8,12-13H,5-6,9-11H2,(H,20,22)/t12-,13+/m1/s1. The van der Waals surface area contributed by atoms with Gasteiger partial charge in [0.25, 0.3) is 0 Å². The Bertz CT molecular complexity index is 727. The van der Waals surface area contributed by atoms with Gasteiger partial charge in [-0.2, -0.15) is 0 Å². The summed E-state index contributed by atoms with van der Waals surface area (Å²) in [5.41, 5.74) is 0.913. The number of fused-ring (bicyclic) bond motifs is 2. The number of halogens is 1. The molecule has 0 spiro atoms. The molecule has 2 saturated heterocycles. The number of benzene rings is 1. The molecule has 2 aliphatic heterocycles. The molecule has 4 nitrogen and oxygen atoms in total. The monoisotopic (exact) mass is 330 g/mol. The Balaban J connectivity index is 1.54. The van der Waals surface area contributed by atoms with Crippen LogP contribution in [-0.2, 0) is 11.3 Å². The van der Waals surface area contributed by atoms with Crippen molar-refractivity contribution in [3.63, 3.8) is 0 Å². The molecule has 23 heavy (non-hydrogen) atoms. The van der Waals surface area contributed by atoms with Crippen LogP contribution in [0.4, 0.5) is 0 Å². The first-order valence-electron chi connectivity index (χ1n) is 8.07. The number of nitrogens with one attached hydrogen (secondary N) is 1. The lowest BCUT2D eigenvalue weighted by Gasteiger charge is -2.25. The normalized spacial score (nSPS) is 24.5. The van der Waals surface area contributed by atoms with Crippen molar-refractivity contribution in [3.05, 3.63) is 47.2 Å². The third-order valence-electron chi connectivity index (χ3n) is 4.87. The van der Waals surface area contributed by atoms with E-state index >= 15 is 0 Å². The third-order valence-corrected chi connectivity index (χ3v) is 5.20. The van der Waals surface area contributed by atoms with Crippen LogP contribution in [0, 0.1) is 0 Å². The molecule has 2 fully saturated rings. The molecular weight excluding hydrogens is 312 g/mol. The van der Waals surface area contributed by atoms with Crippen molar-refractivity contribution in [1.82, 2.24) is 10.2 Å². The van der Waals surface area contributed by atoms with E-state index in [1.54, 1.807) is 0 Å². The number of hydrogen-bond donors (Lipinski definition) is 1. The summed E-state index contributed by atoms with van der Waals surface area (Å²) < 4.78 is 6.01. The largest absolute Gasteiger partial charge is 0.460 e. The van der Waals surface area contributed by atoms with E-state index in [9.17, 15) is 4.79 Å². The van der Waals surface area contributed by atoms with E-state index in [4.69, 9.17) is 16.0 Å². The smallest absolute Gasteiger partial charge is 0.221 e. The lowest BCUT2D eigenvalue weighted by atomic mass is 10.1. The Labute approximate surface area is 140 Å². The van der Waals surface area contributed by atoms with Crippen molar-refractivity contribution in [2.75, 3.05) is 6.54 Å². The molecule has 0 radical (unpaired) electrons. The van der Waals surface area contributed by atoms with Crippen LogP contribution in [0.1, 0.15) is 25.0 Å². The number of amides is 1. The summed E-state index contributed by atoms with van der Waals surface area (Å²) in [4.78, 5) is 14.1. The second-order valence-electron chi connectivity index (χ2n) is 6.31. The first-order valence-corrected chi connectivity index (χ1v) is 8.44. The quantitative estimate of drug-likeness (QED) is 0.937. The van der Waals surface area contributed by atoms with Gasteiger partial charge in [-0.25, -0.2) is 0 Å². The molecule has 3 heterocycles. The zero-order valence-electron chi connectivity index (χ0n) is 12.8. The van der Waals surface area contributed by atoms with Gasteiger partial charge in [0.05, 0.1) is 11.6 Å². The zero-order chi connectivity index (χ0) is 15.8. The van der Waals surface area contributed by atoms with Crippen molar-refractivity contribution >= 4 is 17.5 Å². The van der Waals surface area contributed by atoms with Gasteiger partial charge in [-0.1, -0.05) is 23.7 Å². The number of carbonyl (C=O) groups is 1. The molecule has 4 rings (SSSR count). The fourth-order valence-electron chi connectivity index (χ4n) is 3.68. The van der Waals surface area contributed by atoms with Crippen LogP contribution in [0.5, 0.6) is 0 Å². The summed E-state index contributed by atoms with van der Waals surface area (Å²) in [7, 11) is 0. The fraction of sp³-hybridized carbons (Fsp3) is 0.389. The van der Waals surface area contributed by atoms with E-state index in [-0.39, 0.29) is 5.91 Å². The summed E-state index contributed by atoms with van der Waals surface area (Å²) in [6, 6.07) is 12.4. The van der Waals surface area contributed by atoms with E-state index in [1.165, 1.54) is 0 Å². The molecule has 0 aliphatic carbocycles. The lowest BCUT2D eigenvalue weighted by Crippen LogP contribution is -2.37. The van der Waals surface area contributed by atoms with Crippen LogP contribution < -0.4 is 5.32 Å². The number of furan rings is 1. The molecular formula is C18H19ClN2O2. The molecule has 120 valence electrons. The SMILES string of the molecule is O=C1C[C@H]2CC[C@@H](CN1)N2Cc1ccc(-c2ccccc2Cl)o1. The molecule has 2 aromatic rings. The van der Waals surface area contributed by atoms with Crippen LogP contribution in [0.3, 0.4) is 0 Å². The first kappa shape index (κ1) is 14.8. The van der Waals surface area contributed by atoms with Crippen molar-refractivity contribution in [3.8, 4) is 11.3 Å². The lowest BCUT2D eigenvalue weighted by molar-refractivity contribution is -0.121. The van der Waals surface area contributed by atoms with E-state index in [2.05, 4.69) is 10.2 Å². The van der Waals surface area contributed by atoms with Crippen molar-refractivity contribution < 1.29 is 9.21 Å². The minimum absolute atomic E-state index is 0.165. The number of nitrogens with zero attached hydrogens (tertiary/aromatic N) is 1. The zero-order valence-corrected chi connectivity index (χ0v) is 13.6. The van der Waals surface area contributed by atoms with Gasteiger partial charge in [0.15, 0.2) is 0 Å². The molecule has 1 aromatic carbocycles. The summed E-state index contributed by atoms with van der Waals surface area (Å²) >= 11 is 6.24. The second kappa shape index (κ2) is 6.02. The molecule has 1 aromatic heterocycles. The van der Waals surface area contributed by atoms with Gasteiger partial charge >= 0.3 is 0 Å². The Morgan fingerprint density at radius 3 is 2.87 bits per heavy atom. The van der Waals surface area contributed by atoms with Crippen LogP contribution >= 0.6 is 11.6 Å². The predicted octanol–water partition coefficient (Wildman–Crippen LogP) is 3.45. The van der Waals surface area contributed by atoms with Gasteiger partial charge in [-0.3, -0.25) is 9.69 Å². The number of rotatable bonds is 3. The van der Waals surface area contributed by atoms with Crippen molar-refractivity contribution in [1.29, 1.82) is 0 Å². The van der Waals surface area contributed by atoms with E-state index < -0.39 is 0 Å². The van der Waals surface area contributed by atoms with Crippen LogP contribution in [0.15, 0.2) is 40.8 Å². The highest BCUT2D eigenvalue weighted by atomic mass is 35.5. The van der Waals surface area contributed by atoms with E-state index in [0.717, 1.165) is 43.0 Å². The molecule has 1 N–H and O–H groups in total. The van der Waals surface area contributed by atoms with Crippen LogP contribution in [0.25, 0.3) is 11.3 Å². The maximum atomic E-state index is 11.7. The molecule has 0 unspecified atom stereocenters. The maximum absolute atomic E-state index is 11.7. The Kier molecular flexibility index (Phi) is 3.87. The van der Waals surface area contributed by atoms with Crippen molar-refractivity contribution in [2.45, 2.75) is 37.9 Å². The Morgan fingerprint density at radius 1 is 1.17 bits per heavy atom. The average molecular weight is 331 g/mol. The summed E-state index contributed by atoms with van der Waals surface area (Å²) in [6.07, 6.45) is 2.83. The summed E-state index contributed by atoms with van der Waals surface area (Å²) in [5, 5.41) is 3.69. The van der Waals surface area contributed by atoms with Crippen LogP contribution in [-0.4, -0.2) is 29.4 Å². The molecule has 0 saturated carbocycles. The van der Waals surface area contributed by atoms with Gasteiger partial charge < -0.3 is 9.73 Å². The Hall–Kier alpha value is -1.78. The summed E-state index contributed by atoms with van der Waals surface area (Å²) in [6.45, 7) is 1.49. The molecule has 2 atom stereocenters. The predicted molar refractivity (Wildman–Crippen MR) is 89.1 cm³/mol. The van der Waals surface area contributed by atoms with Gasteiger partial charge in [-0.05, 0) is 37.1 Å². The highest BCUT2D eigenvalue weighted by molar-refractivity contribution is 6.33. The maximum Gasteiger partial charge on any atom is 0.221 e. The fourth-order valence-corrected chi connectivity index (χ4v) is 3.91. The highest BCUT2D eigenvalue weighted by Gasteiger charge is 2.37. The average Bonchev–Trinajstić information content (AvgIpc) is 3.09. The second-order valence-corrected chi connectivity index (χ2v) is 6.72. The first-order chi connectivity index (χ1) is 11.2. The minimum Gasteiger partial charge on any atom is -0.460 e. The Morgan fingerprint density at radius 2 is 2.00 bits per heavy atom. The minimum atomic E-state index is 0.165. The number of hydrogen-bond acceptors (Lipinski definition) is 3. The van der Waals surface area contributed by atoms with E-state index in [0.29, 0.717) is 23.5 Å². The molecule has 1 amide bonds. The highest BCUT2D eigenvalue weighted by Crippen LogP contribution is 2.33. The van der Waals surface area contributed by atoms with Gasteiger partial charge in [-0.15, -0.1) is 0 Å². The van der Waals surface area contributed by atoms with Gasteiger partial charge in [0.2, 0.25) is 5.91 Å². The summed E-state index contributed by atoms with van der Waals surface area (Å²) in [5.74, 6) is 1.88. The topological polar surface area (TPSA) is 45.5 Å². The van der Waals surface area contributed by atoms with Crippen LogP contribution in [0.2, 0.25) is 5.02 Å². The molecule has 5 heteroatoms. The molecule has 2 aliphatic rings. The van der Waals surface area contributed by atoms with E-state index in [1.807, 2.05) is 36.4 Å². The number of carbonyl (C=O) groups excluding carboxylic acids is 1. The molecule has 2 bridgehead atoms. The van der Waals surface area contributed by atoms with Crippen molar-refractivity contribution in [2.24, 2.45) is 0 Å². The van der Waals surface area contributed by atoms with Gasteiger partial charge in [0.1, 0.15) is 11.5 Å².